The van der Waals surface area contributed by atoms with Crippen LogP contribution in [0.3, 0.4) is 0 Å². The first-order valence-corrected chi connectivity index (χ1v) is 9.84. The molecule has 0 spiro atoms. The van der Waals surface area contributed by atoms with E-state index in [2.05, 4.69) is 37.2 Å². The SMILES string of the molecule is O=[N+]([O-])c1cccc(NCc2cc(Br)c(OCc3cccc(F)c3)c(Br)c2)c1. The van der Waals surface area contributed by atoms with Crippen LogP contribution in [0.15, 0.2) is 69.6 Å². The van der Waals surface area contributed by atoms with E-state index in [1.54, 1.807) is 24.3 Å². The van der Waals surface area contributed by atoms with Gasteiger partial charge in [-0.15, -0.1) is 0 Å². The molecule has 28 heavy (non-hydrogen) atoms. The van der Waals surface area contributed by atoms with Gasteiger partial charge in [0.05, 0.1) is 13.9 Å². The van der Waals surface area contributed by atoms with Gasteiger partial charge < -0.3 is 10.1 Å². The van der Waals surface area contributed by atoms with Crippen molar-refractivity contribution in [2.45, 2.75) is 13.2 Å². The highest BCUT2D eigenvalue weighted by atomic mass is 79.9. The lowest BCUT2D eigenvalue weighted by Crippen LogP contribution is -2.02. The highest BCUT2D eigenvalue weighted by molar-refractivity contribution is 9.11. The Hall–Kier alpha value is -2.45. The van der Waals surface area contributed by atoms with Gasteiger partial charge in [0.2, 0.25) is 0 Å². The average Bonchev–Trinajstić information content (AvgIpc) is 2.66. The maximum Gasteiger partial charge on any atom is 0.271 e. The second-order valence-corrected chi connectivity index (χ2v) is 7.68. The highest BCUT2D eigenvalue weighted by Crippen LogP contribution is 2.35. The van der Waals surface area contributed by atoms with Crippen molar-refractivity contribution in [2.24, 2.45) is 0 Å². The number of hydrogen-bond acceptors (Lipinski definition) is 4. The zero-order valence-electron chi connectivity index (χ0n) is 14.5. The van der Waals surface area contributed by atoms with Crippen molar-refractivity contribution in [3.05, 3.63) is 96.7 Å². The molecule has 3 aromatic rings. The zero-order chi connectivity index (χ0) is 20.1. The lowest BCUT2D eigenvalue weighted by molar-refractivity contribution is -0.384. The van der Waals surface area contributed by atoms with Gasteiger partial charge in [-0.3, -0.25) is 10.1 Å². The predicted octanol–water partition coefficient (Wildman–Crippen LogP) is 6.45. The molecule has 3 rings (SSSR count). The van der Waals surface area contributed by atoms with Gasteiger partial charge in [-0.05, 0) is 73.3 Å². The fourth-order valence-corrected chi connectivity index (χ4v) is 4.08. The summed E-state index contributed by atoms with van der Waals surface area (Å²) in [6.45, 7) is 0.711. The summed E-state index contributed by atoms with van der Waals surface area (Å²) < 4.78 is 20.6. The highest BCUT2D eigenvalue weighted by Gasteiger charge is 2.11. The molecule has 0 atom stereocenters. The molecule has 0 aliphatic carbocycles. The molecule has 144 valence electrons. The molecular formula is C20H15Br2FN2O3. The Morgan fingerprint density at radius 1 is 1.00 bits per heavy atom. The molecular weight excluding hydrogens is 495 g/mol. The number of nitrogens with zero attached hydrogens (tertiary/aromatic N) is 1. The molecule has 0 aliphatic rings. The Labute approximate surface area is 177 Å². The maximum absolute atomic E-state index is 13.3. The summed E-state index contributed by atoms with van der Waals surface area (Å²) in [5.74, 6) is 0.310. The Morgan fingerprint density at radius 3 is 2.39 bits per heavy atom. The number of nitrogens with one attached hydrogen (secondary N) is 1. The van der Waals surface area contributed by atoms with Crippen LogP contribution in [0.5, 0.6) is 5.75 Å². The van der Waals surface area contributed by atoms with Gasteiger partial charge in [-0.25, -0.2) is 4.39 Å². The first kappa shape index (κ1) is 20.3. The van der Waals surface area contributed by atoms with Gasteiger partial charge in [0, 0.05) is 24.4 Å². The Balaban J connectivity index is 1.67. The predicted molar refractivity (Wildman–Crippen MR) is 113 cm³/mol. The first-order valence-electron chi connectivity index (χ1n) is 8.26. The number of halogens is 3. The van der Waals surface area contributed by atoms with E-state index >= 15 is 0 Å². The van der Waals surface area contributed by atoms with Crippen molar-refractivity contribution < 1.29 is 14.1 Å². The van der Waals surface area contributed by atoms with Crippen LogP contribution in [0.1, 0.15) is 11.1 Å². The van der Waals surface area contributed by atoms with Gasteiger partial charge >= 0.3 is 0 Å². The summed E-state index contributed by atoms with van der Waals surface area (Å²) in [4.78, 5) is 10.4. The second kappa shape index (κ2) is 9.16. The minimum absolute atomic E-state index is 0.0356. The number of rotatable bonds is 7. The van der Waals surface area contributed by atoms with Gasteiger partial charge in [-0.1, -0.05) is 18.2 Å². The van der Waals surface area contributed by atoms with E-state index in [9.17, 15) is 14.5 Å². The average molecular weight is 510 g/mol. The summed E-state index contributed by atoms with van der Waals surface area (Å²) in [6.07, 6.45) is 0. The molecule has 0 fully saturated rings. The number of nitro benzene ring substituents is 1. The molecule has 0 unspecified atom stereocenters. The van der Waals surface area contributed by atoms with Crippen LogP contribution in [-0.4, -0.2) is 4.92 Å². The van der Waals surface area contributed by atoms with E-state index in [1.165, 1.54) is 24.3 Å². The molecule has 0 aliphatic heterocycles. The van der Waals surface area contributed by atoms with Crippen LogP contribution in [0.2, 0.25) is 0 Å². The number of anilines is 1. The van der Waals surface area contributed by atoms with Gasteiger partial charge in [0.25, 0.3) is 5.69 Å². The first-order chi connectivity index (χ1) is 13.4. The topological polar surface area (TPSA) is 64.4 Å². The molecule has 0 saturated heterocycles. The van der Waals surface area contributed by atoms with Gasteiger partial charge in [0.15, 0.2) is 0 Å². The van der Waals surface area contributed by atoms with Crippen LogP contribution in [0.4, 0.5) is 15.8 Å². The molecule has 0 heterocycles. The van der Waals surface area contributed by atoms with Crippen molar-refractivity contribution >= 4 is 43.2 Å². The number of nitro groups is 1. The molecule has 3 aromatic carbocycles. The number of ether oxygens (including phenoxy) is 1. The monoisotopic (exact) mass is 508 g/mol. The number of non-ortho nitro benzene ring substituents is 1. The lowest BCUT2D eigenvalue weighted by atomic mass is 10.2. The molecule has 8 heteroatoms. The summed E-state index contributed by atoms with van der Waals surface area (Å²) in [5, 5.41) is 14.0. The Morgan fingerprint density at radius 2 is 1.71 bits per heavy atom. The smallest absolute Gasteiger partial charge is 0.271 e. The third kappa shape index (κ3) is 5.30. The number of benzene rings is 3. The quantitative estimate of drug-likeness (QED) is 0.293. The number of hydrogen-bond donors (Lipinski definition) is 1. The van der Waals surface area contributed by atoms with Gasteiger partial charge in [-0.2, -0.15) is 0 Å². The van der Waals surface area contributed by atoms with E-state index in [0.717, 1.165) is 20.1 Å². The second-order valence-electron chi connectivity index (χ2n) is 5.97. The van der Waals surface area contributed by atoms with E-state index < -0.39 is 4.92 Å². The largest absolute Gasteiger partial charge is 0.487 e. The summed E-state index contributed by atoms with van der Waals surface area (Å²) >= 11 is 6.99. The third-order valence-corrected chi connectivity index (χ3v) is 5.06. The third-order valence-electron chi connectivity index (χ3n) is 3.88. The molecule has 0 saturated carbocycles. The van der Waals surface area contributed by atoms with Crippen LogP contribution >= 0.6 is 31.9 Å². The Kier molecular flexibility index (Phi) is 6.64. The standard InChI is InChI=1S/C20H15Br2FN2O3/c21-18-8-14(11-24-16-5-2-6-17(10-16)25(26)27)9-19(22)20(18)28-12-13-3-1-4-15(23)7-13/h1-10,24H,11-12H2. The van der Waals surface area contributed by atoms with Crippen LogP contribution in [-0.2, 0) is 13.2 Å². The molecule has 0 amide bonds. The van der Waals surface area contributed by atoms with Crippen molar-refractivity contribution in [3.63, 3.8) is 0 Å². The molecule has 0 radical (unpaired) electrons. The van der Waals surface area contributed by atoms with Crippen LogP contribution in [0.25, 0.3) is 0 Å². The molecule has 5 nitrogen and oxygen atoms in total. The zero-order valence-corrected chi connectivity index (χ0v) is 17.7. The van der Waals surface area contributed by atoms with E-state index in [0.29, 0.717) is 18.0 Å². The normalized spacial score (nSPS) is 10.5. The van der Waals surface area contributed by atoms with Crippen molar-refractivity contribution in [1.29, 1.82) is 0 Å². The van der Waals surface area contributed by atoms with Crippen LogP contribution < -0.4 is 10.1 Å². The maximum atomic E-state index is 13.3. The van der Waals surface area contributed by atoms with Crippen molar-refractivity contribution in [1.82, 2.24) is 0 Å². The summed E-state index contributed by atoms with van der Waals surface area (Å²) in [5.41, 5.74) is 2.37. The van der Waals surface area contributed by atoms with Gasteiger partial charge in [0.1, 0.15) is 18.2 Å². The van der Waals surface area contributed by atoms with Crippen LogP contribution in [0, 0.1) is 15.9 Å². The van der Waals surface area contributed by atoms with Crippen molar-refractivity contribution in [2.75, 3.05) is 5.32 Å². The summed E-state index contributed by atoms with van der Waals surface area (Å²) in [6, 6.07) is 16.4. The fraction of sp³-hybridized carbons (Fsp3) is 0.100. The Bertz CT molecular complexity index is 991. The van der Waals surface area contributed by atoms with E-state index in [-0.39, 0.29) is 18.1 Å². The van der Waals surface area contributed by atoms with E-state index in [4.69, 9.17) is 4.74 Å². The van der Waals surface area contributed by atoms with Crippen molar-refractivity contribution in [3.8, 4) is 5.75 Å². The fourth-order valence-electron chi connectivity index (χ4n) is 2.57. The molecule has 0 aromatic heterocycles. The summed E-state index contributed by atoms with van der Waals surface area (Å²) in [7, 11) is 0. The molecule has 1 N–H and O–H groups in total. The van der Waals surface area contributed by atoms with E-state index in [1.807, 2.05) is 12.1 Å². The minimum Gasteiger partial charge on any atom is -0.487 e. The molecule has 0 bridgehead atoms. The minimum atomic E-state index is -0.427. The lowest BCUT2D eigenvalue weighted by Gasteiger charge is -2.13.